The Bertz CT molecular complexity index is 985. The number of aliphatic hydroxyl groups excluding tert-OH is 1. The molecule has 2 aromatic carbocycles. The van der Waals surface area contributed by atoms with Crippen molar-refractivity contribution in [3.05, 3.63) is 70.0 Å². The lowest BCUT2D eigenvalue weighted by Gasteiger charge is -2.13. The molecule has 0 spiro atoms. The van der Waals surface area contributed by atoms with Crippen LogP contribution < -0.4 is 5.56 Å². The van der Waals surface area contributed by atoms with Gasteiger partial charge in [0, 0.05) is 28.4 Å². The molecule has 1 N–H and O–H groups in total. The number of benzene rings is 2. The van der Waals surface area contributed by atoms with Gasteiger partial charge in [0.15, 0.2) is 5.78 Å². The molecule has 1 aromatic heterocycles. The second kappa shape index (κ2) is 4.64. The van der Waals surface area contributed by atoms with E-state index in [4.69, 9.17) is 0 Å². The third-order valence-electron chi connectivity index (χ3n) is 4.16. The van der Waals surface area contributed by atoms with Crippen LogP contribution in [0, 0.1) is 0 Å². The van der Waals surface area contributed by atoms with Gasteiger partial charge in [-0.05, 0) is 6.07 Å². The molecule has 22 heavy (non-hydrogen) atoms. The average molecular weight is 291 g/mol. The number of fused-ring (bicyclic) bond motifs is 5. The monoisotopic (exact) mass is 291 g/mol. The molecule has 4 rings (SSSR count). The van der Waals surface area contributed by atoms with Gasteiger partial charge in [-0.3, -0.25) is 9.59 Å². The number of nitrogens with zero attached hydrogens (tertiary/aromatic N) is 1. The molecule has 108 valence electrons. The molecule has 4 nitrogen and oxygen atoms in total. The fourth-order valence-corrected chi connectivity index (χ4v) is 3.24. The Morgan fingerprint density at radius 3 is 2.23 bits per heavy atom. The predicted octanol–water partition coefficient (Wildman–Crippen LogP) is 2.21. The van der Waals surface area contributed by atoms with Crippen molar-refractivity contribution in [3.63, 3.8) is 0 Å². The maximum absolute atomic E-state index is 12.8. The molecule has 0 amide bonds. The predicted molar refractivity (Wildman–Crippen MR) is 84.2 cm³/mol. The van der Waals surface area contributed by atoms with Gasteiger partial charge in [-0.2, -0.15) is 0 Å². The summed E-state index contributed by atoms with van der Waals surface area (Å²) in [6.07, 6.45) is 0. The zero-order valence-corrected chi connectivity index (χ0v) is 11.7. The van der Waals surface area contributed by atoms with Crippen LogP contribution in [0.5, 0.6) is 0 Å². The number of ketones is 1. The molecule has 0 saturated carbocycles. The van der Waals surface area contributed by atoms with Crippen LogP contribution in [0.25, 0.3) is 22.0 Å². The number of carbonyl (C=O) groups excluding carboxylic acids is 1. The first-order chi connectivity index (χ1) is 10.7. The molecule has 0 bridgehead atoms. The molecular formula is C18H13NO3. The molecular weight excluding hydrogens is 278 g/mol. The number of rotatable bonds is 2. The highest BCUT2D eigenvalue weighted by molar-refractivity contribution is 6.26. The van der Waals surface area contributed by atoms with Crippen LogP contribution in [0.4, 0.5) is 0 Å². The molecule has 4 heteroatoms. The maximum Gasteiger partial charge on any atom is 0.259 e. The van der Waals surface area contributed by atoms with Crippen molar-refractivity contribution in [1.82, 2.24) is 4.57 Å². The quantitative estimate of drug-likeness (QED) is 0.616. The number of hydrogen-bond acceptors (Lipinski definition) is 3. The lowest BCUT2D eigenvalue weighted by molar-refractivity contribution is 0.104. The summed E-state index contributed by atoms with van der Waals surface area (Å²) < 4.78 is 1.52. The van der Waals surface area contributed by atoms with E-state index in [1.54, 1.807) is 18.2 Å². The summed E-state index contributed by atoms with van der Waals surface area (Å²) in [7, 11) is 0. The van der Waals surface area contributed by atoms with Crippen molar-refractivity contribution in [2.75, 3.05) is 6.61 Å². The number of aliphatic hydroxyl groups is 1. The molecule has 1 aliphatic rings. The lowest BCUT2D eigenvalue weighted by atomic mass is 10.0. The van der Waals surface area contributed by atoms with Gasteiger partial charge in [0.2, 0.25) is 0 Å². The van der Waals surface area contributed by atoms with Gasteiger partial charge >= 0.3 is 0 Å². The molecule has 0 fully saturated rings. The molecule has 1 aliphatic carbocycles. The Kier molecular flexibility index (Phi) is 2.74. The van der Waals surface area contributed by atoms with Crippen LogP contribution in [0.2, 0.25) is 0 Å². The van der Waals surface area contributed by atoms with Crippen LogP contribution in [-0.2, 0) is 6.54 Å². The van der Waals surface area contributed by atoms with E-state index in [0.717, 1.165) is 5.56 Å². The Morgan fingerprint density at radius 2 is 1.50 bits per heavy atom. The largest absolute Gasteiger partial charge is 0.395 e. The van der Waals surface area contributed by atoms with Crippen LogP contribution >= 0.6 is 0 Å². The summed E-state index contributed by atoms with van der Waals surface area (Å²) in [4.78, 5) is 25.5. The summed E-state index contributed by atoms with van der Waals surface area (Å²) >= 11 is 0. The fraction of sp³-hybridized carbons (Fsp3) is 0.111. The highest BCUT2D eigenvalue weighted by Gasteiger charge is 2.31. The zero-order valence-electron chi connectivity index (χ0n) is 11.7. The number of hydrogen-bond donors (Lipinski definition) is 1. The van der Waals surface area contributed by atoms with Crippen molar-refractivity contribution in [2.24, 2.45) is 0 Å². The van der Waals surface area contributed by atoms with Gasteiger partial charge in [-0.1, -0.05) is 42.5 Å². The van der Waals surface area contributed by atoms with Gasteiger partial charge in [0.25, 0.3) is 5.56 Å². The first-order valence-corrected chi connectivity index (χ1v) is 7.14. The molecule has 0 atom stereocenters. The smallest absolute Gasteiger partial charge is 0.259 e. The van der Waals surface area contributed by atoms with E-state index in [2.05, 4.69) is 0 Å². The number of carbonyl (C=O) groups is 1. The van der Waals surface area contributed by atoms with Crippen molar-refractivity contribution in [3.8, 4) is 11.3 Å². The molecule has 0 saturated heterocycles. The Labute approximate surface area is 126 Å². The number of aromatic nitrogens is 1. The molecule has 3 aromatic rings. The van der Waals surface area contributed by atoms with E-state index in [-0.39, 0.29) is 24.5 Å². The van der Waals surface area contributed by atoms with Gasteiger partial charge in [-0.25, -0.2) is 0 Å². The standard InChI is InChI=1S/C18H13NO3/c20-10-9-19-16-12-6-2-3-7-13(12)17(21)15(16)11-5-1-4-8-14(11)18(19)22/h1-8,20H,9-10H2. The van der Waals surface area contributed by atoms with E-state index in [1.807, 2.05) is 30.3 Å². The normalized spacial score (nSPS) is 12.5. The van der Waals surface area contributed by atoms with Crippen LogP contribution in [0.3, 0.4) is 0 Å². The topological polar surface area (TPSA) is 59.3 Å². The van der Waals surface area contributed by atoms with E-state index in [9.17, 15) is 14.7 Å². The van der Waals surface area contributed by atoms with Crippen molar-refractivity contribution >= 4 is 16.6 Å². The minimum Gasteiger partial charge on any atom is -0.395 e. The van der Waals surface area contributed by atoms with E-state index < -0.39 is 0 Å². The maximum atomic E-state index is 12.8. The average Bonchev–Trinajstić information content (AvgIpc) is 2.85. The SMILES string of the molecule is O=C1c2ccccc2-c2c1c1ccccc1c(=O)n2CCO. The molecule has 1 heterocycles. The Balaban J connectivity index is 2.24. The Hall–Kier alpha value is -2.72. The van der Waals surface area contributed by atoms with Gasteiger partial charge in [0.05, 0.1) is 17.9 Å². The van der Waals surface area contributed by atoms with Gasteiger partial charge in [0.1, 0.15) is 0 Å². The number of pyridine rings is 1. The highest BCUT2D eigenvalue weighted by atomic mass is 16.3. The molecule has 0 aliphatic heterocycles. The van der Waals surface area contributed by atoms with E-state index in [0.29, 0.717) is 27.6 Å². The Morgan fingerprint density at radius 1 is 0.864 bits per heavy atom. The second-order valence-electron chi connectivity index (χ2n) is 5.32. The van der Waals surface area contributed by atoms with Crippen LogP contribution in [0.15, 0.2) is 53.3 Å². The highest BCUT2D eigenvalue weighted by Crippen LogP contribution is 2.38. The third kappa shape index (κ3) is 1.55. The van der Waals surface area contributed by atoms with Crippen LogP contribution in [-0.4, -0.2) is 22.1 Å². The van der Waals surface area contributed by atoms with Crippen molar-refractivity contribution < 1.29 is 9.90 Å². The third-order valence-corrected chi connectivity index (χ3v) is 4.16. The van der Waals surface area contributed by atoms with Gasteiger partial charge in [-0.15, -0.1) is 0 Å². The van der Waals surface area contributed by atoms with Gasteiger partial charge < -0.3 is 9.67 Å². The van der Waals surface area contributed by atoms with Crippen molar-refractivity contribution in [2.45, 2.75) is 6.54 Å². The molecule has 0 unspecified atom stereocenters. The summed E-state index contributed by atoms with van der Waals surface area (Å²) in [6, 6.07) is 14.4. The van der Waals surface area contributed by atoms with E-state index >= 15 is 0 Å². The minimum atomic E-state index is -0.173. The summed E-state index contributed by atoms with van der Waals surface area (Å²) in [5, 5.41) is 10.5. The molecule has 0 radical (unpaired) electrons. The first-order valence-electron chi connectivity index (χ1n) is 7.14. The fourth-order valence-electron chi connectivity index (χ4n) is 3.24. The second-order valence-corrected chi connectivity index (χ2v) is 5.32. The summed E-state index contributed by atoms with van der Waals surface area (Å²) in [5.74, 6) is -0.0616. The minimum absolute atomic E-state index is 0.0616. The zero-order chi connectivity index (χ0) is 15.3. The van der Waals surface area contributed by atoms with Crippen molar-refractivity contribution in [1.29, 1.82) is 0 Å². The first kappa shape index (κ1) is 13.0. The van der Waals surface area contributed by atoms with E-state index in [1.165, 1.54) is 4.57 Å². The lowest BCUT2D eigenvalue weighted by Crippen LogP contribution is -2.24. The summed E-state index contributed by atoms with van der Waals surface area (Å²) in [6.45, 7) is 0.0225. The summed E-state index contributed by atoms with van der Waals surface area (Å²) in [5.41, 5.74) is 2.38. The van der Waals surface area contributed by atoms with Crippen LogP contribution in [0.1, 0.15) is 15.9 Å².